The molecule has 0 bridgehead atoms. The molecule has 1 aliphatic rings. The fourth-order valence-corrected chi connectivity index (χ4v) is 4.63. The summed E-state index contributed by atoms with van der Waals surface area (Å²) in [7, 11) is 0. The fourth-order valence-electron chi connectivity index (χ4n) is 4.33. The molecular weight excluding hydrogens is 429 g/mol. The predicted octanol–water partition coefficient (Wildman–Crippen LogP) is 7.04. The third-order valence-corrected chi connectivity index (χ3v) is 6.45. The molecule has 1 heterocycles. The number of carbonyl (C=O) groups is 1. The van der Waals surface area contributed by atoms with E-state index in [1.807, 2.05) is 12.1 Å². The molecule has 2 aromatic carbocycles. The van der Waals surface area contributed by atoms with Gasteiger partial charge in [-0.2, -0.15) is 5.26 Å². The first-order chi connectivity index (χ1) is 14.7. The summed E-state index contributed by atoms with van der Waals surface area (Å²) in [6.07, 6.45) is 3.76. The van der Waals surface area contributed by atoms with E-state index in [1.165, 1.54) is 11.3 Å². The third-order valence-electron chi connectivity index (χ3n) is 5.71. The van der Waals surface area contributed by atoms with Gasteiger partial charge in [-0.3, -0.25) is 4.79 Å². The van der Waals surface area contributed by atoms with Crippen LogP contribution in [0.2, 0.25) is 10.0 Å². The zero-order valence-electron chi connectivity index (χ0n) is 18.3. The predicted molar refractivity (Wildman–Crippen MR) is 130 cm³/mol. The number of nitriles is 1. The maximum atomic E-state index is 12.6. The van der Waals surface area contributed by atoms with Crippen LogP contribution >= 0.6 is 23.2 Å². The number of carbonyl (C=O) groups excluding carboxylic acids is 1. The Labute approximate surface area is 194 Å². The molecule has 6 heteroatoms. The van der Waals surface area contributed by atoms with Crippen molar-refractivity contribution < 1.29 is 4.79 Å². The van der Waals surface area contributed by atoms with Crippen LogP contribution in [0.1, 0.15) is 57.6 Å². The van der Waals surface area contributed by atoms with Crippen molar-refractivity contribution in [3.05, 3.63) is 63.1 Å². The van der Waals surface area contributed by atoms with Crippen LogP contribution in [0.5, 0.6) is 0 Å². The first-order valence-electron chi connectivity index (χ1n) is 10.5. The number of anilines is 2. The van der Waals surface area contributed by atoms with Gasteiger partial charge in [0, 0.05) is 23.5 Å². The summed E-state index contributed by atoms with van der Waals surface area (Å²) in [6.45, 7) is 10.0. The van der Waals surface area contributed by atoms with Crippen LogP contribution in [0, 0.1) is 11.3 Å². The van der Waals surface area contributed by atoms with Gasteiger partial charge in [0.1, 0.15) is 11.6 Å². The molecule has 0 saturated heterocycles. The minimum atomic E-state index is -0.486. The zero-order valence-corrected chi connectivity index (χ0v) is 19.8. The number of benzene rings is 2. The molecule has 31 heavy (non-hydrogen) atoms. The Hall–Kier alpha value is -2.48. The number of hydrogen-bond donors (Lipinski definition) is 1. The Morgan fingerprint density at radius 1 is 1.26 bits per heavy atom. The van der Waals surface area contributed by atoms with E-state index in [1.54, 1.807) is 24.3 Å². The number of fused-ring (bicyclic) bond motifs is 1. The summed E-state index contributed by atoms with van der Waals surface area (Å²) in [5.74, 6) is -0.0950. The van der Waals surface area contributed by atoms with Gasteiger partial charge < -0.3 is 10.2 Å². The highest BCUT2D eigenvalue weighted by atomic mass is 35.5. The number of nitrogens with zero attached hydrogens (tertiary/aromatic N) is 2. The van der Waals surface area contributed by atoms with E-state index in [4.69, 9.17) is 23.2 Å². The highest BCUT2D eigenvalue weighted by molar-refractivity contribution is 6.42. The van der Waals surface area contributed by atoms with Crippen LogP contribution in [-0.4, -0.2) is 18.0 Å². The molecule has 0 radical (unpaired) electrons. The summed E-state index contributed by atoms with van der Waals surface area (Å²) in [4.78, 5) is 15.1. The third kappa shape index (κ3) is 5.06. The molecule has 1 atom stereocenters. The quantitative estimate of drug-likeness (QED) is 0.388. The summed E-state index contributed by atoms with van der Waals surface area (Å²) in [5.41, 5.74) is 3.93. The summed E-state index contributed by atoms with van der Waals surface area (Å²) in [6, 6.07) is 13.0. The Morgan fingerprint density at radius 3 is 2.65 bits per heavy atom. The van der Waals surface area contributed by atoms with Gasteiger partial charge in [-0.25, -0.2) is 0 Å². The molecule has 2 aromatic rings. The summed E-state index contributed by atoms with van der Waals surface area (Å²) < 4.78 is 0. The molecule has 1 amide bonds. The topological polar surface area (TPSA) is 56.1 Å². The summed E-state index contributed by atoms with van der Waals surface area (Å²) >= 11 is 11.9. The summed E-state index contributed by atoms with van der Waals surface area (Å²) in [5, 5.41) is 13.0. The highest BCUT2D eigenvalue weighted by Gasteiger charge is 2.35. The van der Waals surface area contributed by atoms with Crippen molar-refractivity contribution in [3.63, 3.8) is 0 Å². The molecule has 162 valence electrons. The van der Waals surface area contributed by atoms with Gasteiger partial charge in [-0.15, -0.1) is 0 Å². The molecular formula is C25H27Cl2N3O. The number of rotatable bonds is 5. The Balaban J connectivity index is 1.90. The monoisotopic (exact) mass is 455 g/mol. The smallest absolute Gasteiger partial charge is 0.266 e. The average molecular weight is 456 g/mol. The van der Waals surface area contributed by atoms with E-state index >= 15 is 0 Å². The Bertz CT molecular complexity index is 1070. The van der Waals surface area contributed by atoms with Gasteiger partial charge in [0.15, 0.2) is 0 Å². The highest BCUT2D eigenvalue weighted by Crippen LogP contribution is 2.43. The SMILES string of the molecule is CCCN1c2ccc(/C=C(\C#N)C(=O)Nc3ccc(Cl)c(Cl)c3)cc2C(C)CC1(C)C. The lowest BCUT2D eigenvalue weighted by Crippen LogP contribution is -2.48. The standard InChI is InChI=1S/C25H27Cl2N3O/c1-5-10-30-23-9-6-17(12-20(23)16(2)14-25(30,3)4)11-18(15-28)24(31)29-19-7-8-21(26)22(27)13-19/h6-9,11-13,16H,5,10,14H2,1-4H3,(H,29,31)/b18-11+. The maximum Gasteiger partial charge on any atom is 0.266 e. The normalized spacial score (nSPS) is 17.6. The maximum absolute atomic E-state index is 12.6. The second kappa shape index (κ2) is 9.34. The van der Waals surface area contributed by atoms with Gasteiger partial charge in [0.25, 0.3) is 5.91 Å². The Morgan fingerprint density at radius 2 is 2.00 bits per heavy atom. The molecule has 1 aliphatic heterocycles. The molecule has 4 nitrogen and oxygen atoms in total. The van der Waals surface area contributed by atoms with Gasteiger partial charge in [-0.05, 0) is 80.1 Å². The van der Waals surface area contributed by atoms with E-state index < -0.39 is 5.91 Å². The second-order valence-corrected chi connectivity index (χ2v) is 9.45. The largest absolute Gasteiger partial charge is 0.366 e. The second-order valence-electron chi connectivity index (χ2n) is 8.64. The van der Waals surface area contributed by atoms with Crippen LogP contribution in [-0.2, 0) is 4.79 Å². The number of nitrogens with one attached hydrogen (secondary N) is 1. The van der Waals surface area contributed by atoms with Crippen molar-refractivity contribution in [2.24, 2.45) is 0 Å². The van der Waals surface area contributed by atoms with Crippen LogP contribution in [0.4, 0.5) is 11.4 Å². The fraction of sp³-hybridized carbons (Fsp3) is 0.360. The van der Waals surface area contributed by atoms with Gasteiger partial charge in [0.2, 0.25) is 0 Å². The van der Waals surface area contributed by atoms with Crippen molar-refractivity contribution in [2.45, 2.75) is 52.0 Å². The van der Waals surface area contributed by atoms with Gasteiger partial charge in [-0.1, -0.05) is 43.1 Å². The van der Waals surface area contributed by atoms with Crippen LogP contribution in [0.15, 0.2) is 42.0 Å². The lowest BCUT2D eigenvalue weighted by Gasteiger charge is -2.47. The first kappa shape index (κ1) is 23.2. The van der Waals surface area contributed by atoms with Crippen molar-refractivity contribution in [1.82, 2.24) is 0 Å². The van der Waals surface area contributed by atoms with Crippen molar-refractivity contribution in [2.75, 3.05) is 16.8 Å². The number of hydrogen-bond acceptors (Lipinski definition) is 3. The molecule has 1 unspecified atom stereocenters. The number of amides is 1. The lowest BCUT2D eigenvalue weighted by atomic mass is 9.79. The number of halogens is 2. The molecule has 0 aliphatic carbocycles. The van der Waals surface area contributed by atoms with Crippen molar-refractivity contribution in [3.8, 4) is 6.07 Å². The lowest BCUT2D eigenvalue weighted by molar-refractivity contribution is -0.112. The molecule has 3 rings (SSSR count). The van der Waals surface area contributed by atoms with Crippen LogP contribution in [0.25, 0.3) is 6.08 Å². The van der Waals surface area contributed by atoms with E-state index in [-0.39, 0.29) is 11.1 Å². The minimum absolute atomic E-state index is 0.0280. The van der Waals surface area contributed by atoms with Crippen molar-refractivity contribution >= 4 is 46.6 Å². The van der Waals surface area contributed by atoms with Crippen molar-refractivity contribution in [1.29, 1.82) is 5.26 Å². The van der Waals surface area contributed by atoms with E-state index in [0.717, 1.165) is 24.9 Å². The first-order valence-corrected chi connectivity index (χ1v) is 11.2. The average Bonchev–Trinajstić information content (AvgIpc) is 2.71. The van der Waals surface area contributed by atoms with Gasteiger partial charge >= 0.3 is 0 Å². The van der Waals surface area contributed by atoms with E-state index in [0.29, 0.717) is 21.7 Å². The molecule has 0 saturated carbocycles. The van der Waals surface area contributed by atoms with E-state index in [9.17, 15) is 10.1 Å². The molecule has 0 fully saturated rings. The Kier molecular flexibility index (Phi) is 6.99. The van der Waals surface area contributed by atoms with E-state index in [2.05, 4.69) is 50.0 Å². The molecule has 1 N–H and O–H groups in total. The molecule has 0 spiro atoms. The minimum Gasteiger partial charge on any atom is -0.366 e. The van der Waals surface area contributed by atoms with Crippen LogP contribution < -0.4 is 10.2 Å². The molecule has 0 aromatic heterocycles. The van der Waals surface area contributed by atoms with Gasteiger partial charge in [0.05, 0.1) is 10.0 Å². The van der Waals surface area contributed by atoms with Crippen LogP contribution in [0.3, 0.4) is 0 Å². The zero-order chi connectivity index (χ0) is 22.8.